The van der Waals surface area contributed by atoms with Gasteiger partial charge >= 0.3 is 5.97 Å². The van der Waals surface area contributed by atoms with E-state index < -0.39 is 29.6 Å². The molecule has 0 radical (unpaired) electrons. The number of rotatable bonds is 5. The molecule has 120 valence electrons. The van der Waals surface area contributed by atoms with Gasteiger partial charge in [0.1, 0.15) is 17.4 Å². The van der Waals surface area contributed by atoms with E-state index in [9.17, 15) is 18.4 Å². The summed E-state index contributed by atoms with van der Waals surface area (Å²) in [4.78, 5) is 23.7. The molecule has 0 unspecified atom stereocenters. The monoisotopic (exact) mass is 321 g/mol. The molecule has 0 aliphatic carbocycles. The lowest BCUT2D eigenvalue weighted by atomic mass is 10.1. The minimum Gasteiger partial charge on any atom is -0.467 e. The molecular formula is C16H13F2NO4. The molecule has 0 fully saturated rings. The molecule has 2 aromatic rings. The van der Waals surface area contributed by atoms with Crippen LogP contribution in [0.25, 0.3) is 6.08 Å². The minimum atomic E-state index is -1.47. The van der Waals surface area contributed by atoms with Crippen molar-refractivity contribution in [3.05, 3.63) is 65.6 Å². The van der Waals surface area contributed by atoms with E-state index in [1.807, 2.05) is 0 Å². The maximum atomic E-state index is 13.8. The summed E-state index contributed by atoms with van der Waals surface area (Å²) in [6.07, 6.45) is 3.90. The van der Waals surface area contributed by atoms with Crippen LogP contribution >= 0.6 is 0 Å². The van der Waals surface area contributed by atoms with Gasteiger partial charge in [-0.15, -0.1) is 0 Å². The molecule has 0 bridgehead atoms. The molecule has 0 aliphatic heterocycles. The fraction of sp³-hybridized carbons (Fsp3) is 0.125. The number of furan rings is 1. The number of methoxy groups -OCH3 is 1. The lowest BCUT2D eigenvalue weighted by molar-refractivity contribution is -0.144. The zero-order valence-corrected chi connectivity index (χ0v) is 12.1. The molecule has 0 saturated carbocycles. The average molecular weight is 321 g/mol. The van der Waals surface area contributed by atoms with Crippen molar-refractivity contribution in [2.75, 3.05) is 7.11 Å². The molecule has 1 heterocycles. The van der Waals surface area contributed by atoms with Crippen LogP contribution in [0.5, 0.6) is 0 Å². The second kappa shape index (κ2) is 7.35. The summed E-state index contributed by atoms with van der Waals surface area (Å²) in [6, 6.07) is 4.39. The van der Waals surface area contributed by atoms with Gasteiger partial charge in [-0.05, 0) is 36.4 Å². The largest absolute Gasteiger partial charge is 0.467 e. The van der Waals surface area contributed by atoms with Gasteiger partial charge in [-0.25, -0.2) is 13.6 Å². The van der Waals surface area contributed by atoms with Gasteiger partial charge in [0.2, 0.25) is 5.91 Å². The van der Waals surface area contributed by atoms with E-state index >= 15 is 0 Å². The number of esters is 1. The molecule has 23 heavy (non-hydrogen) atoms. The topological polar surface area (TPSA) is 68.5 Å². The molecular weight excluding hydrogens is 308 g/mol. The van der Waals surface area contributed by atoms with Crippen LogP contribution in [0.2, 0.25) is 0 Å². The number of carbonyl (C=O) groups is 2. The van der Waals surface area contributed by atoms with Crippen molar-refractivity contribution >= 4 is 18.0 Å². The van der Waals surface area contributed by atoms with Crippen LogP contribution in [0.15, 0.2) is 47.1 Å². The summed E-state index contributed by atoms with van der Waals surface area (Å²) < 4.78 is 36.6. The van der Waals surface area contributed by atoms with E-state index in [2.05, 4.69) is 10.1 Å². The highest BCUT2D eigenvalue weighted by atomic mass is 19.1. The number of nitrogens with one attached hydrogen (secondary N) is 1. The lowest BCUT2D eigenvalue weighted by Gasteiger charge is -2.16. The van der Waals surface area contributed by atoms with E-state index in [-0.39, 0.29) is 5.56 Å². The van der Waals surface area contributed by atoms with Crippen molar-refractivity contribution in [1.29, 1.82) is 0 Å². The van der Waals surface area contributed by atoms with Gasteiger partial charge in [-0.2, -0.15) is 0 Å². The first-order valence-corrected chi connectivity index (χ1v) is 6.56. The summed E-state index contributed by atoms with van der Waals surface area (Å²) in [5.41, 5.74) is -0.323. The van der Waals surface area contributed by atoms with E-state index in [1.165, 1.54) is 12.3 Å². The normalized spacial score (nSPS) is 12.1. The third-order valence-electron chi connectivity index (χ3n) is 2.93. The Morgan fingerprint density at radius 3 is 2.74 bits per heavy atom. The summed E-state index contributed by atoms with van der Waals surface area (Å²) in [7, 11) is 1.08. The Balaban J connectivity index is 2.20. The second-order valence-electron chi connectivity index (χ2n) is 4.48. The summed E-state index contributed by atoms with van der Waals surface area (Å²) >= 11 is 0. The SMILES string of the molecule is COC(=O)[C@@H](NC(=O)/C=C/c1ccco1)c1cc(F)ccc1F. The van der Waals surface area contributed by atoms with Crippen molar-refractivity contribution in [3.63, 3.8) is 0 Å². The van der Waals surface area contributed by atoms with Crippen molar-refractivity contribution in [3.8, 4) is 0 Å². The average Bonchev–Trinajstić information content (AvgIpc) is 3.06. The van der Waals surface area contributed by atoms with E-state index in [1.54, 1.807) is 12.1 Å². The van der Waals surface area contributed by atoms with Crippen LogP contribution < -0.4 is 5.32 Å². The van der Waals surface area contributed by atoms with Gasteiger partial charge in [0.15, 0.2) is 6.04 Å². The van der Waals surface area contributed by atoms with Gasteiger partial charge in [-0.3, -0.25) is 4.79 Å². The summed E-state index contributed by atoms with van der Waals surface area (Å²) in [6.45, 7) is 0. The predicted molar refractivity (Wildman–Crippen MR) is 77.0 cm³/mol. The van der Waals surface area contributed by atoms with Crippen molar-refractivity contribution < 1.29 is 27.5 Å². The Labute approximate surface area is 130 Å². The zero-order chi connectivity index (χ0) is 16.8. The van der Waals surface area contributed by atoms with Crippen molar-refractivity contribution in [2.45, 2.75) is 6.04 Å². The molecule has 1 amide bonds. The van der Waals surface area contributed by atoms with Gasteiger partial charge in [-0.1, -0.05) is 0 Å². The van der Waals surface area contributed by atoms with Crippen LogP contribution in [0.4, 0.5) is 8.78 Å². The van der Waals surface area contributed by atoms with Gasteiger partial charge < -0.3 is 14.5 Å². The number of hydrogen-bond acceptors (Lipinski definition) is 4. The zero-order valence-electron chi connectivity index (χ0n) is 12.1. The Kier molecular flexibility index (Phi) is 5.24. The molecule has 1 aromatic carbocycles. The van der Waals surface area contributed by atoms with Crippen molar-refractivity contribution in [2.24, 2.45) is 0 Å². The summed E-state index contributed by atoms with van der Waals surface area (Å²) in [5.74, 6) is -2.77. The molecule has 1 aromatic heterocycles. The first-order chi connectivity index (χ1) is 11.0. The molecule has 1 N–H and O–H groups in total. The Bertz CT molecular complexity index is 726. The van der Waals surface area contributed by atoms with Crippen LogP contribution in [-0.2, 0) is 14.3 Å². The first kappa shape index (κ1) is 16.4. The van der Waals surface area contributed by atoms with E-state index in [0.717, 1.165) is 31.4 Å². The second-order valence-corrected chi connectivity index (χ2v) is 4.48. The number of ether oxygens (including phenoxy) is 1. The molecule has 2 rings (SSSR count). The molecule has 0 spiro atoms. The molecule has 7 heteroatoms. The van der Waals surface area contributed by atoms with Gasteiger partial charge in [0, 0.05) is 11.6 Å². The summed E-state index contributed by atoms with van der Waals surface area (Å²) in [5, 5.41) is 2.27. The fourth-order valence-electron chi connectivity index (χ4n) is 1.85. The molecule has 0 saturated heterocycles. The highest BCUT2D eigenvalue weighted by molar-refractivity contribution is 5.94. The van der Waals surface area contributed by atoms with Crippen LogP contribution in [0, 0.1) is 11.6 Å². The Morgan fingerprint density at radius 2 is 2.09 bits per heavy atom. The molecule has 1 atom stereocenters. The smallest absolute Gasteiger partial charge is 0.333 e. The first-order valence-electron chi connectivity index (χ1n) is 6.56. The minimum absolute atomic E-state index is 0.323. The number of hydrogen-bond donors (Lipinski definition) is 1. The highest BCUT2D eigenvalue weighted by Gasteiger charge is 2.26. The van der Waals surface area contributed by atoms with E-state index in [0.29, 0.717) is 5.76 Å². The van der Waals surface area contributed by atoms with E-state index in [4.69, 9.17) is 4.42 Å². The number of benzene rings is 1. The third kappa shape index (κ3) is 4.26. The molecule has 0 aliphatic rings. The predicted octanol–water partition coefficient (Wildman–Crippen LogP) is 2.60. The van der Waals surface area contributed by atoms with Gasteiger partial charge in [0.05, 0.1) is 13.4 Å². The standard InChI is InChI=1S/C16H13F2NO4/c1-22-16(21)15(12-9-10(17)4-6-13(12)18)19-14(20)7-5-11-3-2-8-23-11/h2-9,15H,1H3,(H,19,20)/b7-5+/t15-/m0/s1. The van der Waals surface area contributed by atoms with Crippen LogP contribution in [-0.4, -0.2) is 19.0 Å². The van der Waals surface area contributed by atoms with Crippen LogP contribution in [0.1, 0.15) is 17.4 Å². The van der Waals surface area contributed by atoms with Crippen molar-refractivity contribution in [1.82, 2.24) is 5.32 Å². The highest BCUT2D eigenvalue weighted by Crippen LogP contribution is 2.20. The third-order valence-corrected chi connectivity index (χ3v) is 2.93. The number of carbonyl (C=O) groups excluding carboxylic acids is 2. The Morgan fingerprint density at radius 1 is 1.30 bits per heavy atom. The Hall–Kier alpha value is -2.96. The lowest BCUT2D eigenvalue weighted by Crippen LogP contribution is -2.34. The fourth-order valence-corrected chi connectivity index (χ4v) is 1.85. The number of amides is 1. The van der Waals surface area contributed by atoms with Gasteiger partial charge in [0.25, 0.3) is 0 Å². The number of halogens is 2. The maximum Gasteiger partial charge on any atom is 0.333 e. The quantitative estimate of drug-likeness (QED) is 0.679. The van der Waals surface area contributed by atoms with Crippen LogP contribution in [0.3, 0.4) is 0 Å². The maximum absolute atomic E-state index is 13.8. The molecule has 5 nitrogen and oxygen atoms in total.